The topological polar surface area (TPSA) is 69.2 Å². The molecule has 4 rings (SSSR count). The first kappa shape index (κ1) is 14.1. The molecule has 0 radical (unpaired) electrons. The van der Waals surface area contributed by atoms with Crippen molar-refractivity contribution in [1.29, 1.82) is 0 Å². The van der Waals surface area contributed by atoms with E-state index < -0.39 is 4.92 Å². The molecule has 4 aromatic rings. The molecule has 0 unspecified atom stereocenters. The summed E-state index contributed by atoms with van der Waals surface area (Å²) < 4.78 is 5.45. The second-order valence-electron chi connectivity index (χ2n) is 5.36. The van der Waals surface area contributed by atoms with Gasteiger partial charge in [-0.3, -0.25) is 10.1 Å². The van der Waals surface area contributed by atoms with Crippen molar-refractivity contribution in [1.82, 2.24) is 4.98 Å². The van der Waals surface area contributed by atoms with Crippen LogP contribution in [0.15, 0.2) is 77.4 Å². The zero-order valence-electron chi connectivity index (χ0n) is 12.5. The molecule has 0 saturated heterocycles. The smallest absolute Gasteiger partial charge is 0.270 e. The van der Waals surface area contributed by atoms with E-state index in [0.717, 1.165) is 16.5 Å². The van der Waals surface area contributed by atoms with Crippen molar-refractivity contribution in [3.63, 3.8) is 0 Å². The third-order valence-corrected chi connectivity index (χ3v) is 3.86. The molecule has 0 saturated carbocycles. The number of hydrogen-bond donors (Lipinski definition) is 0. The van der Waals surface area contributed by atoms with E-state index in [1.165, 1.54) is 6.07 Å². The van der Waals surface area contributed by atoms with Crippen LogP contribution in [-0.2, 0) is 0 Å². The van der Waals surface area contributed by atoms with E-state index in [0.29, 0.717) is 17.0 Å². The van der Waals surface area contributed by atoms with Gasteiger partial charge in [0.25, 0.3) is 5.69 Å². The highest BCUT2D eigenvalue weighted by atomic mass is 16.6. The van der Waals surface area contributed by atoms with Gasteiger partial charge >= 0.3 is 0 Å². The highest BCUT2D eigenvalue weighted by Gasteiger charge is 2.14. The fourth-order valence-electron chi connectivity index (χ4n) is 2.73. The zero-order valence-corrected chi connectivity index (χ0v) is 12.5. The van der Waals surface area contributed by atoms with E-state index in [1.807, 2.05) is 42.5 Å². The second kappa shape index (κ2) is 5.62. The van der Waals surface area contributed by atoms with Gasteiger partial charge in [0.05, 0.1) is 16.7 Å². The highest BCUT2D eigenvalue weighted by molar-refractivity contribution is 5.97. The molecule has 2 aromatic heterocycles. The van der Waals surface area contributed by atoms with Crippen LogP contribution < -0.4 is 0 Å². The Hall–Kier alpha value is -3.47. The number of furan rings is 1. The first-order chi connectivity index (χ1) is 11.7. The Kier molecular flexibility index (Phi) is 3.31. The molecule has 0 fully saturated rings. The van der Waals surface area contributed by atoms with Crippen LogP contribution in [0.1, 0.15) is 0 Å². The molecule has 0 bridgehead atoms. The number of hydrogen-bond acceptors (Lipinski definition) is 4. The summed E-state index contributed by atoms with van der Waals surface area (Å²) in [5.41, 5.74) is 3.29. The lowest BCUT2D eigenvalue weighted by atomic mass is 9.99. The van der Waals surface area contributed by atoms with Gasteiger partial charge in [-0.05, 0) is 35.4 Å². The van der Waals surface area contributed by atoms with Crippen LogP contribution in [0.3, 0.4) is 0 Å². The van der Waals surface area contributed by atoms with E-state index >= 15 is 0 Å². The molecule has 5 heteroatoms. The van der Waals surface area contributed by atoms with Gasteiger partial charge in [0.15, 0.2) is 5.76 Å². The van der Waals surface area contributed by atoms with Crippen LogP contribution in [0.2, 0.25) is 0 Å². The molecule has 116 valence electrons. The number of non-ortho nitro benzene ring substituents is 1. The molecule has 2 heterocycles. The van der Waals surface area contributed by atoms with Crippen molar-refractivity contribution in [3.8, 4) is 22.6 Å². The highest BCUT2D eigenvalue weighted by Crippen LogP contribution is 2.33. The quantitative estimate of drug-likeness (QED) is 0.391. The molecular formula is C19H12N2O3. The molecule has 0 aliphatic carbocycles. The molecule has 0 aliphatic heterocycles. The Balaban J connectivity index is 2.04. The maximum atomic E-state index is 11.1. The summed E-state index contributed by atoms with van der Waals surface area (Å²) in [7, 11) is 0. The van der Waals surface area contributed by atoms with Gasteiger partial charge in [-0.2, -0.15) is 0 Å². The van der Waals surface area contributed by atoms with Crippen molar-refractivity contribution in [3.05, 3.63) is 83.1 Å². The summed E-state index contributed by atoms with van der Waals surface area (Å²) in [4.78, 5) is 15.3. The number of nitrogens with zero attached hydrogens (tertiary/aromatic N) is 2. The van der Waals surface area contributed by atoms with Crippen molar-refractivity contribution in [2.45, 2.75) is 0 Å². The van der Waals surface area contributed by atoms with Crippen LogP contribution in [-0.4, -0.2) is 9.91 Å². The van der Waals surface area contributed by atoms with Gasteiger partial charge in [0, 0.05) is 17.5 Å². The lowest BCUT2D eigenvalue weighted by Crippen LogP contribution is -1.92. The summed E-state index contributed by atoms with van der Waals surface area (Å²) in [6.45, 7) is 0. The first-order valence-electron chi connectivity index (χ1n) is 7.41. The van der Waals surface area contributed by atoms with Crippen LogP contribution in [0, 0.1) is 10.1 Å². The minimum atomic E-state index is -0.394. The largest absolute Gasteiger partial charge is 0.463 e. The monoisotopic (exact) mass is 316 g/mol. The number of nitro groups is 1. The van der Waals surface area contributed by atoms with E-state index in [1.54, 1.807) is 24.5 Å². The molecule has 2 aromatic carbocycles. The van der Waals surface area contributed by atoms with Gasteiger partial charge < -0.3 is 4.42 Å². The predicted molar refractivity (Wildman–Crippen MR) is 91.5 cm³/mol. The summed E-state index contributed by atoms with van der Waals surface area (Å²) in [5, 5.41) is 11.9. The van der Waals surface area contributed by atoms with E-state index in [2.05, 4.69) is 4.98 Å². The molecule has 5 nitrogen and oxygen atoms in total. The number of nitro benzene ring substituents is 1. The standard InChI is InChI=1S/C19H12N2O3/c22-21(23)14-8-9-17-16(11-14)15(13-5-2-1-3-6-13)12-18(20-17)19-7-4-10-24-19/h1-12H. The van der Waals surface area contributed by atoms with Gasteiger partial charge in [-0.1, -0.05) is 30.3 Å². The molecular weight excluding hydrogens is 304 g/mol. The molecule has 0 aliphatic rings. The average Bonchev–Trinajstić information content (AvgIpc) is 3.15. The van der Waals surface area contributed by atoms with Crippen molar-refractivity contribution >= 4 is 16.6 Å². The van der Waals surface area contributed by atoms with Crippen molar-refractivity contribution in [2.75, 3.05) is 0 Å². The van der Waals surface area contributed by atoms with E-state index in [-0.39, 0.29) is 5.69 Å². The Labute approximate surface area is 137 Å². The lowest BCUT2D eigenvalue weighted by molar-refractivity contribution is -0.384. The fourth-order valence-corrected chi connectivity index (χ4v) is 2.73. The van der Waals surface area contributed by atoms with Gasteiger partial charge in [-0.15, -0.1) is 0 Å². The van der Waals surface area contributed by atoms with E-state index in [4.69, 9.17) is 4.42 Å². The maximum Gasteiger partial charge on any atom is 0.270 e. The van der Waals surface area contributed by atoms with Crippen LogP contribution in [0.25, 0.3) is 33.5 Å². The number of aromatic nitrogens is 1. The lowest BCUT2D eigenvalue weighted by Gasteiger charge is -2.09. The summed E-state index contributed by atoms with van der Waals surface area (Å²) in [6.07, 6.45) is 1.60. The maximum absolute atomic E-state index is 11.1. The summed E-state index contributed by atoms with van der Waals surface area (Å²) in [5.74, 6) is 0.660. The minimum Gasteiger partial charge on any atom is -0.463 e. The van der Waals surface area contributed by atoms with Gasteiger partial charge in [0.1, 0.15) is 5.69 Å². The number of rotatable bonds is 3. The third kappa shape index (κ3) is 2.42. The van der Waals surface area contributed by atoms with Crippen LogP contribution in [0.4, 0.5) is 5.69 Å². The zero-order chi connectivity index (χ0) is 16.5. The average molecular weight is 316 g/mol. The Morgan fingerprint density at radius 1 is 0.958 bits per heavy atom. The Bertz CT molecular complexity index is 1030. The van der Waals surface area contributed by atoms with Gasteiger partial charge in [0.2, 0.25) is 0 Å². The summed E-state index contributed by atoms with van der Waals surface area (Å²) in [6, 6.07) is 20.0. The molecule has 0 amide bonds. The minimum absolute atomic E-state index is 0.0484. The Morgan fingerprint density at radius 2 is 1.79 bits per heavy atom. The second-order valence-corrected chi connectivity index (χ2v) is 5.36. The first-order valence-corrected chi connectivity index (χ1v) is 7.41. The summed E-state index contributed by atoms with van der Waals surface area (Å²) >= 11 is 0. The number of pyridine rings is 1. The number of fused-ring (bicyclic) bond motifs is 1. The normalized spacial score (nSPS) is 10.8. The van der Waals surface area contributed by atoms with Crippen LogP contribution >= 0.6 is 0 Å². The van der Waals surface area contributed by atoms with Crippen LogP contribution in [0.5, 0.6) is 0 Å². The fraction of sp³-hybridized carbons (Fsp3) is 0. The molecule has 0 atom stereocenters. The molecule has 0 N–H and O–H groups in total. The molecule has 24 heavy (non-hydrogen) atoms. The van der Waals surface area contributed by atoms with E-state index in [9.17, 15) is 10.1 Å². The third-order valence-electron chi connectivity index (χ3n) is 3.86. The number of benzene rings is 2. The van der Waals surface area contributed by atoms with Gasteiger partial charge in [-0.25, -0.2) is 4.98 Å². The SMILES string of the molecule is O=[N+]([O-])c1ccc2nc(-c3ccco3)cc(-c3ccccc3)c2c1. The van der Waals surface area contributed by atoms with Crippen molar-refractivity contribution in [2.24, 2.45) is 0 Å². The predicted octanol–water partition coefficient (Wildman–Crippen LogP) is 5.07. The molecule has 0 spiro atoms. The van der Waals surface area contributed by atoms with Crippen molar-refractivity contribution < 1.29 is 9.34 Å². The Morgan fingerprint density at radius 3 is 2.50 bits per heavy atom.